The number of nitrogen functional groups attached to an aromatic ring is 1. The van der Waals surface area contributed by atoms with Gasteiger partial charge in [-0.05, 0) is 19.1 Å². The Balaban J connectivity index is 2.50. The maximum absolute atomic E-state index is 9.02. The van der Waals surface area contributed by atoms with Gasteiger partial charge < -0.3 is 16.2 Å². The van der Waals surface area contributed by atoms with Crippen molar-refractivity contribution >= 4 is 22.3 Å². The molecular weight excluding hydrogens is 202 g/mol. The van der Waals surface area contributed by atoms with Gasteiger partial charge in [-0.3, -0.25) is 4.98 Å². The Morgan fingerprint density at radius 1 is 1.44 bits per heavy atom. The SMILES string of the molecule is CC(CO)Nc1ccnc2c(N)cccc12. The van der Waals surface area contributed by atoms with Crippen LogP contribution in [0.4, 0.5) is 11.4 Å². The van der Waals surface area contributed by atoms with Crippen LogP contribution in [-0.4, -0.2) is 22.7 Å². The highest BCUT2D eigenvalue weighted by molar-refractivity contribution is 5.97. The lowest BCUT2D eigenvalue weighted by atomic mass is 10.1. The van der Waals surface area contributed by atoms with Crippen molar-refractivity contribution in [2.45, 2.75) is 13.0 Å². The highest BCUT2D eigenvalue weighted by atomic mass is 16.3. The molecule has 1 heterocycles. The second-order valence-corrected chi connectivity index (χ2v) is 3.83. The minimum absolute atomic E-state index is 0.00651. The van der Waals surface area contributed by atoms with Crippen LogP contribution >= 0.6 is 0 Å². The van der Waals surface area contributed by atoms with Crippen LogP contribution in [0.3, 0.4) is 0 Å². The van der Waals surface area contributed by atoms with Crippen molar-refractivity contribution in [1.29, 1.82) is 0 Å². The molecule has 0 saturated carbocycles. The van der Waals surface area contributed by atoms with Gasteiger partial charge in [0.15, 0.2) is 0 Å². The first-order chi connectivity index (χ1) is 7.72. The molecule has 0 bridgehead atoms. The summed E-state index contributed by atoms with van der Waals surface area (Å²) in [5.74, 6) is 0. The predicted octanol–water partition coefficient (Wildman–Crippen LogP) is 1.61. The molecule has 0 amide bonds. The van der Waals surface area contributed by atoms with Crippen molar-refractivity contribution in [1.82, 2.24) is 4.98 Å². The topological polar surface area (TPSA) is 71.2 Å². The number of para-hydroxylation sites is 1. The van der Waals surface area contributed by atoms with Gasteiger partial charge in [0, 0.05) is 23.3 Å². The van der Waals surface area contributed by atoms with E-state index in [0.29, 0.717) is 5.69 Å². The highest BCUT2D eigenvalue weighted by Gasteiger charge is 2.06. The van der Waals surface area contributed by atoms with E-state index in [1.54, 1.807) is 6.20 Å². The van der Waals surface area contributed by atoms with Gasteiger partial charge in [-0.1, -0.05) is 12.1 Å². The van der Waals surface area contributed by atoms with E-state index in [9.17, 15) is 0 Å². The molecule has 0 aliphatic rings. The van der Waals surface area contributed by atoms with Gasteiger partial charge in [-0.15, -0.1) is 0 Å². The van der Waals surface area contributed by atoms with Crippen LogP contribution in [0.1, 0.15) is 6.92 Å². The predicted molar refractivity (Wildman–Crippen MR) is 66.3 cm³/mol. The lowest BCUT2D eigenvalue weighted by Gasteiger charge is -2.14. The summed E-state index contributed by atoms with van der Waals surface area (Å²) in [7, 11) is 0. The summed E-state index contributed by atoms with van der Waals surface area (Å²) in [5, 5.41) is 13.2. The van der Waals surface area contributed by atoms with Crippen LogP contribution in [0.2, 0.25) is 0 Å². The summed E-state index contributed by atoms with van der Waals surface area (Å²) >= 11 is 0. The maximum atomic E-state index is 9.02. The fourth-order valence-electron chi connectivity index (χ4n) is 1.64. The Hall–Kier alpha value is -1.81. The maximum Gasteiger partial charge on any atom is 0.0951 e. The third-order valence-corrected chi connectivity index (χ3v) is 2.48. The zero-order valence-electron chi connectivity index (χ0n) is 9.14. The molecule has 1 aromatic heterocycles. The Morgan fingerprint density at radius 2 is 2.25 bits per heavy atom. The van der Waals surface area contributed by atoms with E-state index in [4.69, 9.17) is 10.8 Å². The number of pyridine rings is 1. The van der Waals surface area contributed by atoms with Gasteiger partial charge in [0.05, 0.1) is 17.8 Å². The van der Waals surface area contributed by atoms with Gasteiger partial charge >= 0.3 is 0 Å². The number of aliphatic hydroxyl groups excluding tert-OH is 1. The molecule has 1 aromatic carbocycles. The normalized spacial score (nSPS) is 12.6. The van der Waals surface area contributed by atoms with E-state index in [1.807, 2.05) is 31.2 Å². The molecule has 4 nitrogen and oxygen atoms in total. The van der Waals surface area contributed by atoms with Crippen molar-refractivity contribution < 1.29 is 5.11 Å². The number of benzene rings is 1. The van der Waals surface area contributed by atoms with Crippen LogP contribution in [0.5, 0.6) is 0 Å². The number of hydrogen-bond acceptors (Lipinski definition) is 4. The van der Waals surface area contributed by atoms with E-state index in [-0.39, 0.29) is 12.6 Å². The number of anilines is 2. The van der Waals surface area contributed by atoms with Gasteiger partial charge in [0.1, 0.15) is 0 Å². The number of hydrogen-bond donors (Lipinski definition) is 3. The molecular formula is C12H15N3O. The smallest absolute Gasteiger partial charge is 0.0951 e. The van der Waals surface area contributed by atoms with E-state index in [1.165, 1.54) is 0 Å². The molecule has 2 rings (SSSR count). The lowest BCUT2D eigenvalue weighted by Crippen LogP contribution is -2.19. The number of rotatable bonds is 3. The summed E-state index contributed by atoms with van der Waals surface area (Å²) in [6.45, 7) is 2.00. The molecule has 0 aliphatic carbocycles. The minimum Gasteiger partial charge on any atom is -0.397 e. The number of aromatic nitrogens is 1. The van der Waals surface area contributed by atoms with Crippen LogP contribution in [0, 0.1) is 0 Å². The molecule has 1 atom stereocenters. The zero-order valence-corrected chi connectivity index (χ0v) is 9.14. The average molecular weight is 217 g/mol. The second kappa shape index (κ2) is 4.37. The summed E-state index contributed by atoms with van der Waals surface area (Å²) in [5.41, 5.74) is 8.25. The average Bonchev–Trinajstić information content (AvgIpc) is 2.30. The first-order valence-corrected chi connectivity index (χ1v) is 5.23. The molecule has 16 heavy (non-hydrogen) atoms. The molecule has 0 aliphatic heterocycles. The monoisotopic (exact) mass is 217 g/mol. The minimum atomic E-state index is 0.00651. The van der Waals surface area contributed by atoms with Crippen LogP contribution in [0.15, 0.2) is 30.5 Å². The molecule has 2 aromatic rings. The quantitative estimate of drug-likeness (QED) is 0.683. The molecule has 84 valence electrons. The number of nitrogens with zero attached hydrogens (tertiary/aromatic N) is 1. The third kappa shape index (κ3) is 1.92. The largest absolute Gasteiger partial charge is 0.397 e. The van der Waals surface area contributed by atoms with Gasteiger partial charge in [-0.25, -0.2) is 0 Å². The van der Waals surface area contributed by atoms with Crippen LogP contribution < -0.4 is 11.1 Å². The van der Waals surface area contributed by atoms with E-state index < -0.39 is 0 Å². The fourth-order valence-corrected chi connectivity index (χ4v) is 1.64. The van der Waals surface area contributed by atoms with Crippen molar-refractivity contribution in [2.75, 3.05) is 17.7 Å². The second-order valence-electron chi connectivity index (χ2n) is 3.83. The third-order valence-electron chi connectivity index (χ3n) is 2.48. The first kappa shape index (κ1) is 10.7. The molecule has 0 radical (unpaired) electrons. The van der Waals surface area contributed by atoms with Crippen molar-refractivity contribution in [2.24, 2.45) is 0 Å². The summed E-state index contributed by atoms with van der Waals surface area (Å²) < 4.78 is 0. The van der Waals surface area contributed by atoms with E-state index in [0.717, 1.165) is 16.6 Å². The van der Waals surface area contributed by atoms with E-state index >= 15 is 0 Å². The highest BCUT2D eigenvalue weighted by Crippen LogP contribution is 2.25. The van der Waals surface area contributed by atoms with Crippen molar-refractivity contribution in [3.8, 4) is 0 Å². The summed E-state index contributed by atoms with van der Waals surface area (Å²) in [6.07, 6.45) is 1.71. The number of aliphatic hydroxyl groups is 1. The summed E-state index contributed by atoms with van der Waals surface area (Å²) in [4.78, 5) is 4.25. The van der Waals surface area contributed by atoms with E-state index in [2.05, 4.69) is 10.3 Å². The Bertz CT molecular complexity index is 499. The molecule has 1 unspecified atom stereocenters. The standard InChI is InChI=1S/C12H15N3O/c1-8(7-16)15-11-5-6-14-12-9(11)3-2-4-10(12)13/h2-6,8,16H,7,13H2,1H3,(H,14,15). The first-order valence-electron chi connectivity index (χ1n) is 5.23. The number of nitrogens with one attached hydrogen (secondary N) is 1. The molecule has 0 spiro atoms. The number of fused-ring (bicyclic) bond motifs is 1. The van der Waals surface area contributed by atoms with Crippen molar-refractivity contribution in [3.63, 3.8) is 0 Å². The lowest BCUT2D eigenvalue weighted by molar-refractivity contribution is 0.281. The molecule has 4 heteroatoms. The molecule has 4 N–H and O–H groups in total. The Kier molecular flexibility index (Phi) is 2.92. The van der Waals surface area contributed by atoms with Crippen molar-refractivity contribution in [3.05, 3.63) is 30.5 Å². The van der Waals surface area contributed by atoms with Gasteiger partial charge in [0.2, 0.25) is 0 Å². The van der Waals surface area contributed by atoms with Crippen LogP contribution in [-0.2, 0) is 0 Å². The van der Waals surface area contributed by atoms with Gasteiger partial charge in [-0.2, -0.15) is 0 Å². The van der Waals surface area contributed by atoms with Crippen LogP contribution in [0.25, 0.3) is 10.9 Å². The number of nitrogens with two attached hydrogens (primary N) is 1. The fraction of sp³-hybridized carbons (Fsp3) is 0.250. The Labute approximate surface area is 94.1 Å². The zero-order chi connectivity index (χ0) is 11.5. The Morgan fingerprint density at radius 3 is 3.00 bits per heavy atom. The van der Waals surface area contributed by atoms with Gasteiger partial charge in [0.25, 0.3) is 0 Å². The molecule has 0 fully saturated rings. The molecule has 0 saturated heterocycles. The summed E-state index contributed by atoms with van der Waals surface area (Å²) in [6, 6.07) is 7.58.